The molecular formula is C31H28ClF4N3O4. The third-order valence-corrected chi connectivity index (χ3v) is 7.47. The highest BCUT2D eigenvalue weighted by atomic mass is 35.5. The third-order valence-electron chi connectivity index (χ3n) is 7.09. The lowest BCUT2D eigenvalue weighted by atomic mass is 9.90. The molecular weight excluding hydrogens is 590 g/mol. The van der Waals surface area contributed by atoms with E-state index in [-0.39, 0.29) is 39.3 Å². The first-order valence-electron chi connectivity index (χ1n) is 13.4. The Balaban J connectivity index is 1.55. The minimum absolute atomic E-state index is 0.0567. The maximum Gasteiger partial charge on any atom is 0.277 e. The van der Waals surface area contributed by atoms with Gasteiger partial charge < -0.3 is 20.3 Å². The molecule has 2 aromatic heterocycles. The molecule has 0 spiro atoms. The first-order chi connectivity index (χ1) is 20.2. The van der Waals surface area contributed by atoms with E-state index in [1.54, 1.807) is 19.2 Å². The van der Waals surface area contributed by atoms with Crippen LogP contribution in [0.25, 0.3) is 22.2 Å². The van der Waals surface area contributed by atoms with Crippen molar-refractivity contribution in [2.75, 3.05) is 0 Å². The van der Waals surface area contributed by atoms with Gasteiger partial charge in [-0.05, 0) is 87.7 Å². The third kappa shape index (κ3) is 6.15. The lowest BCUT2D eigenvalue weighted by Crippen LogP contribution is -2.53. The summed E-state index contributed by atoms with van der Waals surface area (Å²) in [5.74, 6) is -1.42. The van der Waals surface area contributed by atoms with Gasteiger partial charge in [-0.1, -0.05) is 11.6 Å². The lowest BCUT2D eigenvalue weighted by molar-refractivity contribution is -0.154. The van der Waals surface area contributed by atoms with Gasteiger partial charge in [-0.3, -0.25) is 9.78 Å². The number of rotatable bonds is 9. The summed E-state index contributed by atoms with van der Waals surface area (Å²) in [5, 5.41) is 24.1. The number of amides is 1. The van der Waals surface area contributed by atoms with E-state index in [4.69, 9.17) is 16.3 Å². The quantitative estimate of drug-likeness (QED) is 0.149. The topological polar surface area (TPSA) is 105 Å². The number of fused-ring (bicyclic) bond motifs is 1. The van der Waals surface area contributed by atoms with Crippen LogP contribution in [-0.4, -0.2) is 44.9 Å². The Labute approximate surface area is 249 Å². The van der Waals surface area contributed by atoms with Crippen LogP contribution < -0.4 is 10.1 Å². The monoisotopic (exact) mass is 617 g/mol. The van der Waals surface area contributed by atoms with Crippen molar-refractivity contribution in [1.82, 2.24) is 15.3 Å². The molecule has 0 saturated heterocycles. The average molecular weight is 618 g/mol. The number of nitrogens with zero attached hydrogens (tertiary/aromatic N) is 2. The van der Waals surface area contributed by atoms with E-state index in [0.29, 0.717) is 10.9 Å². The highest BCUT2D eigenvalue weighted by Crippen LogP contribution is 2.41. The minimum Gasteiger partial charge on any atom is -0.488 e. The Bertz CT molecular complexity index is 1690. The fourth-order valence-corrected chi connectivity index (χ4v) is 4.99. The molecule has 0 aliphatic heterocycles. The fourth-order valence-electron chi connectivity index (χ4n) is 4.55. The van der Waals surface area contributed by atoms with Gasteiger partial charge in [-0.25, -0.2) is 22.5 Å². The zero-order valence-corrected chi connectivity index (χ0v) is 24.1. The smallest absolute Gasteiger partial charge is 0.277 e. The number of hydrogen-bond acceptors (Lipinski definition) is 6. The van der Waals surface area contributed by atoms with Crippen LogP contribution >= 0.6 is 11.6 Å². The molecule has 0 bridgehead atoms. The first-order valence-corrected chi connectivity index (χ1v) is 13.8. The number of aromatic nitrogens is 2. The Kier molecular flexibility index (Phi) is 8.10. The number of carbonyl (C=O) groups is 1. The van der Waals surface area contributed by atoms with Crippen molar-refractivity contribution in [2.45, 2.75) is 63.6 Å². The normalized spacial score (nSPS) is 15.8. The number of benzene rings is 2. The van der Waals surface area contributed by atoms with Gasteiger partial charge in [0.15, 0.2) is 0 Å². The molecule has 226 valence electrons. The summed E-state index contributed by atoms with van der Waals surface area (Å²) < 4.78 is 64.5. The number of nitrogens with one attached hydrogen (secondary N) is 1. The van der Waals surface area contributed by atoms with Crippen molar-refractivity contribution >= 4 is 28.4 Å². The van der Waals surface area contributed by atoms with Crippen LogP contribution in [0, 0.1) is 12.7 Å². The number of alkyl halides is 3. The Hall–Kier alpha value is -3.80. The average Bonchev–Trinajstić information content (AvgIpc) is 3.76. The molecule has 1 fully saturated rings. The molecule has 12 heteroatoms. The molecule has 5 rings (SSSR count). The fraction of sp³-hybridized carbons (Fsp3) is 0.323. The van der Waals surface area contributed by atoms with Crippen molar-refractivity contribution in [3.8, 4) is 17.0 Å². The van der Waals surface area contributed by atoms with Crippen molar-refractivity contribution in [2.24, 2.45) is 0 Å². The highest BCUT2D eigenvalue weighted by Gasteiger charge is 2.51. The van der Waals surface area contributed by atoms with Gasteiger partial charge in [0.25, 0.3) is 12.3 Å². The molecule has 1 amide bonds. The van der Waals surface area contributed by atoms with E-state index < -0.39 is 41.3 Å². The number of carbonyl (C=O) groups excluding carboxylic acids is 1. The lowest BCUT2D eigenvalue weighted by Gasteiger charge is -2.32. The highest BCUT2D eigenvalue weighted by molar-refractivity contribution is 6.34. The standard InChI is InChI=1S/C31H28ClF4N3O4/c1-15-10-17-11-18(12-22(25(17)37-14-15)43-20-8-9-20)27(40)39-29(36)31(42,28(34)35)23-13-21(30(2,3)41)24(32)26(38-23)16-4-6-19(33)7-5-16/h4-7,10-14,20,28-29,41-42H,8-9H2,1-3H3,(H,39,40). The van der Waals surface area contributed by atoms with E-state index in [2.05, 4.69) is 9.97 Å². The zero-order valence-electron chi connectivity index (χ0n) is 23.3. The molecule has 3 N–H and O–H groups in total. The summed E-state index contributed by atoms with van der Waals surface area (Å²) in [6.07, 6.45) is -3.67. The molecule has 1 aliphatic rings. The number of halogens is 5. The largest absolute Gasteiger partial charge is 0.488 e. The molecule has 2 atom stereocenters. The molecule has 2 heterocycles. The molecule has 1 saturated carbocycles. The van der Waals surface area contributed by atoms with Gasteiger partial charge in [-0.15, -0.1) is 0 Å². The molecule has 4 aromatic rings. The maximum atomic E-state index is 15.8. The second-order valence-electron chi connectivity index (χ2n) is 11.1. The Morgan fingerprint density at radius 3 is 2.37 bits per heavy atom. The molecule has 2 unspecified atom stereocenters. The summed E-state index contributed by atoms with van der Waals surface area (Å²) >= 11 is 6.46. The van der Waals surface area contributed by atoms with Crippen molar-refractivity contribution < 1.29 is 37.3 Å². The van der Waals surface area contributed by atoms with Gasteiger partial charge in [0.2, 0.25) is 11.9 Å². The van der Waals surface area contributed by atoms with Crippen molar-refractivity contribution in [3.05, 3.63) is 88.0 Å². The Morgan fingerprint density at radius 1 is 1.09 bits per heavy atom. The number of aryl methyl sites for hydroxylation is 1. The summed E-state index contributed by atoms with van der Waals surface area (Å²) in [7, 11) is 0. The maximum absolute atomic E-state index is 15.8. The molecule has 2 aromatic carbocycles. The predicted molar refractivity (Wildman–Crippen MR) is 152 cm³/mol. The molecule has 1 aliphatic carbocycles. The SMILES string of the molecule is Cc1cnc2c(OC3CC3)cc(C(=O)NC(F)C(O)(c3cc(C(C)(C)O)c(Cl)c(-c4ccc(F)cc4)n3)C(F)F)cc2c1. The van der Waals surface area contributed by atoms with Gasteiger partial charge in [0.1, 0.15) is 17.1 Å². The van der Waals surface area contributed by atoms with Crippen LogP contribution in [0.2, 0.25) is 5.02 Å². The summed E-state index contributed by atoms with van der Waals surface area (Å²) in [6, 6.07) is 10.0. The van der Waals surface area contributed by atoms with Gasteiger partial charge in [0.05, 0.1) is 28.1 Å². The van der Waals surface area contributed by atoms with Crippen LogP contribution in [-0.2, 0) is 11.2 Å². The minimum atomic E-state index is -3.80. The van der Waals surface area contributed by atoms with E-state index in [1.807, 2.05) is 5.32 Å². The van der Waals surface area contributed by atoms with Crippen LogP contribution in [0.3, 0.4) is 0 Å². The van der Waals surface area contributed by atoms with Crippen LogP contribution in [0.15, 0.2) is 54.7 Å². The summed E-state index contributed by atoms with van der Waals surface area (Å²) in [4.78, 5) is 21.6. The first kappa shape index (κ1) is 30.7. The van der Waals surface area contributed by atoms with Crippen LogP contribution in [0.5, 0.6) is 5.75 Å². The summed E-state index contributed by atoms with van der Waals surface area (Å²) in [6.45, 7) is 4.41. The van der Waals surface area contributed by atoms with Crippen molar-refractivity contribution in [3.63, 3.8) is 0 Å². The van der Waals surface area contributed by atoms with Gasteiger partial charge >= 0.3 is 0 Å². The zero-order chi connectivity index (χ0) is 31.3. The van der Waals surface area contributed by atoms with Gasteiger partial charge in [-0.2, -0.15) is 0 Å². The number of hydrogen-bond donors (Lipinski definition) is 3. The van der Waals surface area contributed by atoms with Crippen LogP contribution in [0.1, 0.15) is 53.9 Å². The molecule has 0 radical (unpaired) electrons. The molecule has 43 heavy (non-hydrogen) atoms. The predicted octanol–water partition coefficient (Wildman–Crippen LogP) is 6.34. The summed E-state index contributed by atoms with van der Waals surface area (Å²) in [5.41, 5.74) is -5.41. The molecule has 7 nitrogen and oxygen atoms in total. The Morgan fingerprint density at radius 2 is 1.77 bits per heavy atom. The van der Waals surface area contributed by atoms with E-state index in [0.717, 1.165) is 36.6 Å². The van der Waals surface area contributed by atoms with E-state index in [1.165, 1.54) is 38.1 Å². The van der Waals surface area contributed by atoms with E-state index >= 15 is 4.39 Å². The second-order valence-corrected chi connectivity index (χ2v) is 11.5. The number of ether oxygens (including phenoxy) is 1. The number of pyridine rings is 2. The van der Waals surface area contributed by atoms with E-state index in [9.17, 15) is 28.2 Å². The number of aliphatic hydroxyl groups is 2. The van der Waals surface area contributed by atoms with Gasteiger partial charge in [0, 0.05) is 28.3 Å². The second kappa shape index (κ2) is 11.4. The van der Waals surface area contributed by atoms with Crippen LogP contribution in [0.4, 0.5) is 17.6 Å². The van der Waals surface area contributed by atoms with Crippen molar-refractivity contribution in [1.29, 1.82) is 0 Å².